The van der Waals surface area contributed by atoms with E-state index in [1.54, 1.807) is 13.4 Å². The summed E-state index contributed by atoms with van der Waals surface area (Å²) in [5.74, 6) is 0.775. The number of methoxy groups -OCH3 is 1. The first-order chi connectivity index (χ1) is 7.36. The molecule has 1 rings (SSSR count). The average molecular weight is 207 g/mol. The molecule has 0 spiro atoms. The number of para-hydroxylation sites is 1. The predicted molar refractivity (Wildman–Crippen MR) is 54.3 cm³/mol. The van der Waals surface area contributed by atoms with E-state index < -0.39 is 0 Å². The van der Waals surface area contributed by atoms with Crippen molar-refractivity contribution in [3.63, 3.8) is 0 Å². The van der Waals surface area contributed by atoms with Crippen LogP contribution < -0.4 is 4.74 Å². The standard InChI is InChI=1S/C11H13NO3/c1-13-11(7-14-9-12)8-15-10-5-3-2-4-6-10/h2-6,11H,7-8H2,1H3. The molecule has 4 nitrogen and oxygen atoms in total. The first-order valence-corrected chi connectivity index (χ1v) is 4.58. The summed E-state index contributed by atoms with van der Waals surface area (Å²) in [5.41, 5.74) is 0. The number of hydrogen-bond acceptors (Lipinski definition) is 4. The molecule has 15 heavy (non-hydrogen) atoms. The van der Waals surface area contributed by atoms with Crippen molar-refractivity contribution in [2.24, 2.45) is 0 Å². The van der Waals surface area contributed by atoms with Crippen LogP contribution in [0.25, 0.3) is 0 Å². The van der Waals surface area contributed by atoms with E-state index in [2.05, 4.69) is 4.74 Å². The van der Waals surface area contributed by atoms with Crippen LogP contribution in [0.2, 0.25) is 0 Å². The van der Waals surface area contributed by atoms with Gasteiger partial charge in [0, 0.05) is 7.11 Å². The number of benzene rings is 1. The molecule has 0 fully saturated rings. The average Bonchev–Trinajstić information content (AvgIpc) is 2.31. The molecule has 0 saturated heterocycles. The molecule has 0 aliphatic carbocycles. The smallest absolute Gasteiger partial charge is 0.286 e. The molecular weight excluding hydrogens is 194 g/mol. The molecule has 0 aliphatic rings. The van der Waals surface area contributed by atoms with Crippen molar-refractivity contribution in [2.75, 3.05) is 20.3 Å². The Labute approximate surface area is 89.0 Å². The lowest BCUT2D eigenvalue weighted by atomic mass is 10.3. The van der Waals surface area contributed by atoms with Gasteiger partial charge in [-0.25, -0.2) is 0 Å². The highest BCUT2D eigenvalue weighted by atomic mass is 16.6. The maximum Gasteiger partial charge on any atom is 0.286 e. The fourth-order valence-corrected chi connectivity index (χ4v) is 1.02. The van der Waals surface area contributed by atoms with E-state index in [-0.39, 0.29) is 12.7 Å². The first kappa shape index (κ1) is 11.3. The van der Waals surface area contributed by atoms with Crippen LogP contribution in [0.15, 0.2) is 30.3 Å². The van der Waals surface area contributed by atoms with Gasteiger partial charge in [-0.15, -0.1) is 0 Å². The van der Waals surface area contributed by atoms with E-state index in [1.165, 1.54) is 0 Å². The second kappa shape index (κ2) is 6.68. The normalized spacial score (nSPS) is 11.5. The molecule has 0 saturated carbocycles. The summed E-state index contributed by atoms with van der Waals surface area (Å²) in [6.45, 7) is 0.571. The SMILES string of the molecule is COC(COC#N)COc1ccccc1. The van der Waals surface area contributed by atoms with Crippen molar-refractivity contribution in [1.82, 2.24) is 0 Å². The molecule has 1 aromatic carbocycles. The largest absolute Gasteiger partial charge is 0.491 e. The van der Waals surface area contributed by atoms with E-state index >= 15 is 0 Å². The summed E-state index contributed by atoms with van der Waals surface area (Å²) >= 11 is 0. The van der Waals surface area contributed by atoms with Crippen LogP contribution >= 0.6 is 0 Å². The molecule has 0 aromatic heterocycles. The summed E-state index contributed by atoms with van der Waals surface area (Å²) in [6.07, 6.45) is 1.36. The van der Waals surface area contributed by atoms with Crippen molar-refractivity contribution < 1.29 is 14.2 Å². The van der Waals surface area contributed by atoms with Crippen molar-refractivity contribution in [3.8, 4) is 12.0 Å². The van der Waals surface area contributed by atoms with E-state index in [4.69, 9.17) is 14.7 Å². The van der Waals surface area contributed by atoms with Crippen molar-refractivity contribution >= 4 is 0 Å². The molecule has 1 aromatic rings. The molecule has 4 heteroatoms. The Balaban J connectivity index is 2.31. The van der Waals surface area contributed by atoms with E-state index in [0.717, 1.165) is 5.75 Å². The summed E-state index contributed by atoms with van der Waals surface area (Å²) in [7, 11) is 1.56. The van der Waals surface area contributed by atoms with Crippen molar-refractivity contribution in [2.45, 2.75) is 6.10 Å². The number of ether oxygens (including phenoxy) is 3. The monoisotopic (exact) mass is 207 g/mol. The summed E-state index contributed by atoms with van der Waals surface area (Å²) in [5, 5.41) is 8.23. The minimum atomic E-state index is -0.232. The quantitative estimate of drug-likeness (QED) is 0.664. The Hall–Kier alpha value is -1.73. The number of rotatable bonds is 6. The third-order valence-electron chi connectivity index (χ3n) is 1.85. The van der Waals surface area contributed by atoms with Gasteiger partial charge in [-0.1, -0.05) is 18.2 Å². The van der Waals surface area contributed by atoms with Gasteiger partial charge < -0.3 is 14.2 Å². The maximum atomic E-state index is 8.23. The molecule has 0 N–H and O–H groups in total. The van der Waals surface area contributed by atoms with Crippen LogP contribution in [0.3, 0.4) is 0 Å². The van der Waals surface area contributed by atoms with Crippen molar-refractivity contribution in [3.05, 3.63) is 30.3 Å². The fraction of sp³-hybridized carbons (Fsp3) is 0.364. The molecule has 1 unspecified atom stereocenters. The molecule has 0 amide bonds. The predicted octanol–water partition coefficient (Wildman–Crippen LogP) is 1.58. The third kappa shape index (κ3) is 4.34. The lowest BCUT2D eigenvalue weighted by molar-refractivity contribution is 0.0151. The Bertz CT molecular complexity index is 307. The van der Waals surface area contributed by atoms with Crippen LogP contribution in [-0.2, 0) is 9.47 Å². The number of hydrogen-bond donors (Lipinski definition) is 0. The topological polar surface area (TPSA) is 51.5 Å². The fourth-order valence-electron chi connectivity index (χ4n) is 1.02. The van der Waals surface area contributed by atoms with E-state index in [1.807, 2.05) is 30.3 Å². The minimum Gasteiger partial charge on any atom is -0.491 e. The summed E-state index contributed by atoms with van der Waals surface area (Å²) in [6, 6.07) is 9.42. The molecule has 0 aliphatic heterocycles. The minimum absolute atomic E-state index is 0.208. The van der Waals surface area contributed by atoms with E-state index in [0.29, 0.717) is 6.61 Å². The highest BCUT2D eigenvalue weighted by molar-refractivity contribution is 5.20. The summed E-state index contributed by atoms with van der Waals surface area (Å²) < 4.78 is 15.1. The molecule has 0 radical (unpaired) electrons. The zero-order chi connectivity index (χ0) is 10.9. The van der Waals surface area contributed by atoms with Crippen molar-refractivity contribution in [1.29, 1.82) is 5.26 Å². The highest BCUT2D eigenvalue weighted by Crippen LogP contribution is 2.09. The summed E-state index contributed by atoms with van der Waals surface area (Å²) in [4.78, 5) is 0. The molecule has 0 bridgehead atoms. The van der Waals surface area contributed by atoms with Crippen LogP contribution in [0, 0.1) is 11.5 Å². The molecule has 0 heterocycles. The van der Waals surface area contributed by atoms with Crippen LogP contribution in [-0.4, -0.2) is 26.4 Å². The second-order valence-electron chi connectivity index (χ2n) is 2.88. The lowest BCUT2D eigenvalue weighted by Crippen LogP contribution is -2.25. The zero-order valence-corrected chi connectivity index (χ0v) is 8.55. The highest BCUT2D eigenvalue weighted by Gasteiger charge is 2.08. The zero-order valence-electron chi connectivity index (χ0n) is 8.55. The second-order valence-corrected chi connectivity index (χ2v) is 2.88. The van der Waals surface area contributed by atoms with E-state index in [9.17, 15) is 0 Å². The number of nitrogens with zero attached hydrogens (tertiary/aromatic N) is 1. The Morgan fingerprint density at radius 2 is 2.00 bits per heavy atom. The molecular formula is C11H13NO3. The Morgan fingerprint density at radius 1 is 1.27 bits per heavy atom. The van der Waals surface area contributed by atoms with Gasteiger partial charge in [0.1, 0.15) is 25.1 Å². The maximum absolute atomic E-state index is 8.23. The molecule has 1 atom stereocenters. The van der Waals surface area contributed by atoms with Gasteiger partial charge in [-0.05, 0) is 12.1 Å². The third-order valence-corrected chi connectivity index (χ3v) is 1.85. The van der Waals surface area contributed by atoms with Gasteiger partial charge in [0.25, 0.3) is 6.26 Å². The van der Waals surface area contributed by atoms with Crippen LogP contribution in [0.5, 0.6) is 5.75 Å². The van der Waals surface area contributed by atoms with Crippen LogP contribution in [0.4, 0.5) is 0 Å². The van der Waals surface area contributed by atoms with Gasteiger partial charge in [-0.3, -0.25) is 0 Å². The van der Waals surface area contributed by atoms with Crippen LogP contribution in [0.1, 0.15) is 0 Å². The Morgan fingerprint density at radius 3 is 2.60 bits per heavy atom. The van der Waals surface area contributed by atoms with Gasteiger partial charge in [0.05, 0.1) is 0 Å². The lowest BCUT2D eigenvalue weighted by Gasteiger charge is -2.14. The van der Waals surface area contributed by atoms with Gasteiger partial charge in [-0.2, -0.15) is 5.26 Å². The first-order valence-electron chi connectivity index (χ1n) is 4.58. The number of nitriles is 1. The van der Waals surface area contributed by atoms with Gasteiger partial charge in [0.15, 0.2) is 0 Å². The van der Waals surface area contributed by atoms with Gasteiger partial charge >= 0.3 is 0 Å². The Kier molecular flexibility index (Phi) is 5.06. The molecule has 80 valence electrons. The van der Waals surface area contributed by atoms with Gasteiger partial charge in [0.2, 0.25) is 0 Å².